The van der Waals surface area contributed by atoms with Gasteiger partial charge in [0.15, 0.2) is 5.78 Å². The topological polar surface area (TPSA) is 68.2 Å². The van der Waals surface area contributed by atoms with Crippen LogP contribution < -0.4 is 10.0 Å². The predicted molar refractivity (Wildman–Crippen MR) is 179 cm³/mol. The minimum absolute atomic E-state index is 0.126. The number of hydrogen-bond donors (Lipinski definition) is 0. The van der Waals surface area contributed by atoms with Crippen LogP contribution in [0.15, 0.2) is 22.9 Å². The predicted octanol–water partition coefficient (Wildman–Crippen LogP) is 7.58. The van der Waals surface area contributed by atoms with Crippen molar-refractivity contribution in [2.45, 2.75) is 98.4 Å². The normalized spacial score (nSPS) is 21.3. The molecule has 232 valence electrons. The van der Waals surface area contributed by atoms with Gasteiger partial charge in [0.1, 0.15) is 5.91 Å². The second-order valence-electron chi connectivity index (χ2n) is 12.0. The monoisotopic (exact) mass is 644 g/mol. The van der Waals surface area contributed by atoms with Crippen molar-refractivity contribution in [1.29, 1.82) is 0 Å². The van der Waals surface area contributed by atoms with Gasteiger partial charge in [0.2, 0.25) is 17.0 Å². The Bertz CT molecular complexity index is 1490. The van der Waals surface area contributed by atoms with Crippen molar-refractivity contribution in [3.05, 3.63) is 50.6 Å². The number of hydrogen-bond acceptors (Lipinski definition) is 6. The molecule has 4 atom stereocenters. The Morgan fingerprint density at radius 2 is 1.93 bits per heavy atom. The Kier molecular flexibility index (Phi) is 10.1. The van der Waals surface area contributed by atoms with Gasteiger partial charge < -0.3 is 4.74 Å². The molecule has 3 heterocycles. The van der Waals surface area contributed by atoms with E-state index >= 15 is 0 Å². The molecule has 0 N–H and O–H groups in total. The largest absolute Gasteiger partial charge is 0.419 e. The van der Waals surface area contributed by atoms with Crippen molar-refractivity contribution in [2.75, 3.05) is 13.1 Å². The molecule has 4 unspecified atom stereocenters. The summed E-state index contributed by atoms with van der Waals surface area (Å²) in [5.74, 6) is 0.380. The van der Waals surface area contributed by atoms with Crippen LogP contribution in [0.2, 0.25) is 5.28 Å². The van der Waals surface area contributed by atoms with Crippen molar-refractivity contribution in [1.82, 2.24) is 19.9 Å². The number of nitrogens with zero attached hydrogens (tertiary/aromatic N) is 4. The molecule has 6 rings (SSSR count). The van der Waals surface area contributed by atoms with Gasteiger partial charge in [-0.15, -0.1) is 0 Å². The van der Waals surface area contributed by atoms with Crippen LogP contribution in [-0.4, -0.2) is 44.6 Å². The second-order valence-corrected chi connectivity index (χ2v) is 13.6. The van der Waals surface area contributed by atoms with E-state index < -0.39 is 5.91 Å². The molecule has 0 radical (unpaired) electrons. The highest BCUT2D eigenvalue weighted by Crippen LogP contribution is 2.61. The standard InChI is InChI=1S/C31H38ClFN4O2P2.C2H6/c1-4-22(38)25-18-7-6-17-13-34-29(27(41)24(17)19(18)12-16(3)26(25)31(5-2)9-10-31)39-28-20-14-37(15-23(33)40)11-8-21(20)35-30(32)36-28;1-2/h13,16,23H,4-12,14-15,40-41H2,1-3H3;1-2H3. The number of alkyl halides is 1. The van der Waals surface area contributed by atoms with Crippen LogP contribution in [0.4, 0.5) is 4.39 Å². The number of rotatable bonds is 8. The lowest BCUT2D eigenvalue weighted by Gasteiger charge is -2.37. The minimum atomic E-state index is -1.01. The Morgan fingerprint density at radius 1 is 1.19 bits per heavy atom. The van der Waals surface area contributed by atoms with E-state index in [1.165, 1.54) is 35.1 Å². The molecule has 0 saturated heterocycles. The molecule has 2 aromatic rings. The van der Waals surface area contributed by atoms with E-state index in [4.69, 9.17) is 21.3 Å². The SMILES string of the molecule is CC.CCC(=O)C1=C(C2(CC)CC2)C(C)CC2=C1CCc1cnc(Oc3nc(Cl)nc4c3CN(CC(F)P)CC4)c(P)c12. The molecule has 43 heavy (non-hydrogen) atoms. The van der Waals surface area contributed by atoms with Gasteiger partial charge in [0.25, 0.3) is 0 Å². The van der Waals surface area contributed by atoms with Gasteiger partial charge >= 0.3 is 0 Å². The van der Waals surface area contributed by atoms with Crippen LogP contribution in [0.5, 0.6) is 11.8 Å². The Labute approximate surface area is 265 Å². The van der Waals surface area contributed by atoms with Crippen molar-refractivity contribution in [3.63, 3.8) is 0 Å². The summed E-state index contributed by atoms with van der Waals surface area (Å²) in [7, 11) is 5.07. The Hall–Kier alpha value is -1.78. The van der Waals surface area contributed by atoms with Crippen molar-refractivity contribution >= 4 is 46.7 Å². The number of ether oxygens (including phenoxy) is 1. The van der Waals surface area contributed by atoms with E-state index in [1.54, 1.807) is 0 Å². The molecular weight excluding hydrogens is 601 g/mol. The zero-order chi connectivity index (χ0) is 31.1. The molecule has 2 aromatic heterocycles. The third-order valence-corrected chi connectivity index (χ3v) is 10.4. The molecule has 1 saturated carbocycles. The van der Waals surface area contributed by atoms with Crippen LogP contribution in [0.3, 0.4) is 0 Å². The Balaban J connectivity index is 0.00000180. The number of ketones is 1. The summed E-state index contributed by atoms with van der Waals surface area (Å²) in [6, 6.07) is 0. The van der Waals surface area contributed by atoms with Crippen LogP contribution in [0.25, 0.3) is 5.57 Å². The number of Topliss-reactive ketones (excluding diaryl/α,β-unsaturated/α-hetero) is 1. The van der Waals surface area contributed by atoms with E-state index in [0.717, 1.165) is 53.4 Å². The van der Waals surface area contributed by atoms with Gasteiger partial charge in [-0.2, -0.15) is 4.98 Å². The summed E-state index contributed by atoms with van der Waals surface area (Å²) < 4.78 is 20.2. The fourth-order valence-corrected chi connectivity index (χ4v) is 8.26. The van der Waals surface area contributed by atoms with E-state index in [0.29, 0.717) is 50.2 Å². The molecule has 0 spiro atoms. The first-order valence-corrected chi connectivity index (χ1v) is 17.4. The van der Waals surface area contributed by atoms with Gasteiger partial charge in [-0.1, -0.05) is 53.1 Å². The van der Waals surface area contributed by atoms with E-state index in [1.807, 2.05) is 31.9 Å². The van der Waals surface area contributed by atoms with Gasteiger partial charge in [0.05, 0.1) is 11.3 Å². The Morgan fingerprint density at radius 3 is 2.58 bits per heavy atom. The zero-order valence-corrected chi connectivity index (χ0v) is 29.1. The molecule has 0 amide bonds. The fraction of sp³-hybridized carbons (Fsp3) is 0.576. The molecule has 3 aliphatic carbocycles. The van der Waals surface area contributed by atoms with E-state index in [-0.39, 0.29) is 16.5 Å². The average Bonchev–Trinajstić information content (AvgIpc) is 3.79. The highest BCUT2D eigenvalue weighted by atomic mass is 35.5. The maximum absolute atomic E-state index is 13.8. The number of fused-ring (bicyclic) bond motifs is 3. The maximum atomic E-state index is 13.8. The first kappa shape index (κ1) is 32.6. The summed E-state index contributed by atoms with van der Waals surface area (Å²) >= 11 is 6.31. The van der Waals surface area contributed by atoms with Crippen LogP contribution in [-0.2, 0) is 24.2 Å². The zero-order valence-electron chi connectivity index (χ0n) is 26.0. The van der Waals surface area contributed by atoms with Gasteiger partial charge in [-0.05, 0) is 89.3 Å². The van der Waals surface area contributed by atoms with E-state index in [9.17, 15) is 9.18 Å². The highest BCUT2D eigenvalue weighted by molar-refractivity contribution is 7.28. The van der Waals surface area contributed by atoms with Crippen LogP contribution in [0.1, 0.15) is 95.5 Å². The molecule has 1 aliphatic heterocycles. The summed E-state index contributed by atoms with van der Waals surface area (Å²) in [6.45, 7) is 12.0. The van der Waals surface area contributed by atoms with Gasteiger partial charge in [0, 0.05) is 49.6 Å². The minimum Gasteiger partial charge on any atom is -0.419 e. The number of carbonyl (C=O) groups is 1. The smallest absolute Gasteiger partial charge is 0.230 e. The van der Waals surface area contributed by atoms with Crippen LogP contribution >= 0.6 is 30.1 Å². The lowest BCUT2D eigenvalue weighted by Crippen LogP contribution is -2.34. The number of halogens is 2. The number of aromatic nitrogens is 3. The van der Waals surface area contributed by atoms with Gasteiger partial charge in [-0.25, -0.2) is 14.4 Å². The maximum Gasteiger partial charge on any atom is 0.230 e. The lowest BCUT2D eigenvalue weighted by atomic mass is 9.67. The molecule has 10 heteroatoms. The summed E-state index contributed by atoms with van der Waals surface area (Å²) in [5, 5.41) is 0.997. The fourth-order valence-electron chi connectivity index (χ4n) is 7.29. The van der Waals surface area contributed by atoms with Crippen molar-refractivity contribution in [2.24, 2.45) is 11.3 Å². The summed E-state index contributed by atoms with van der Waals surface area (Å²) in [6.07, 6.45) is 9.15. The number of allylic oxidation sites excluding steroid dienone is 4. The third-order valence-electron chi connectivity index (χ3n) is 9.44. The van der Waals surface area contributed by atoms with E-state index in [2.05, 4.69) is 42.3 Å². The molecule has 6 nitrogen and oxygen atoms in total. The summed E-state index contributed by atoms with van der Waals surface area (Å²) in [5.41, 5.74) is 9.08. The summed E-state index contributed by atoms with van der Waals surface area (Å²) in [4.78, 5) is 29.2. The van der Waals surface area contributed by atoms with Crippen LogP contribution in [0, 0.1) is 11.3 Å². The van der Waals surface area contributed by atoms with Gasteiger partial charge in [-0.3, -0.25) is 9.69 Å². The second kappa shape index (κ2) is 13.3. The first-order valence-electron chi connectivity index (χ1n) is 15.8. The molecule has 1 fully saturated rings. The third kappa shape index (κ3) is 6.22. The van der Waals surface area contributed by atoms with Crippen molar-refractivity contribution < 1.29 is 13.9 Å². The molecule has 4 aliphatic rings. The molecule has 0 bridgehead atoms. The number of pyridine rings is 1. The highest BCUT2D eigenvalue weighted by Gasteiger charge is 2.50. The first-order chi connectivity index (χ1) is 20.7. The number of carbonyl (C=O) groups excluding carboxylic acids is 1. The van der Waals surface area contributed by atoms with Crippen molar-refractivity contribution in [3.8, 4) is 11.8 Å². The molecule has 0 aromatic carbocycles. The lowest BCUT2D eigenvalue weighted by molar-refractivity contribution is -0.115. The molecular formula is C33H44ClFN4O2P2. The number of aryl methyl sites for hydroxylation is 1. The quantitative estimate of drug-likeness (QED) is 0.218. The average molecular weight is 645 g/mol.